The van der Waals surface area contributed by atoms with Gasteiger partial charge in [0.25, 0.3) is 0 Å². The third-order valence-electron chi connectivity index (χ3n) is 2.45. The molecule has 130 valence electrons. The maximum atomic E-state index is 10.1. The van der Waals surface area contributed by atoms with E-state index < -0.39 is 42.4 Å². The van der Waals surface area contributed by atoms with Gasteiger partial charge in [-0.1, -0.05) is 0 Å². The van der Waals surface area contributed by atoms with E-state index in [1.807, 2.05) is 0 Å². The highest BCUT2D eigenvalue weighted by Crippen LogP contribution is 2.03. The van der Waals surface area contributed by atoms with E-state index >= 15 is 0 Å². The molecule has 0 aliphatic carbocycles. The fourth-order valence-corrected chi connectivity index (χ4v) is 1.08. The molecule has 0 rings (SSSR count). The SMILES string of the molecule is NCCCC(N)C(=O)O.O=CC(O)C(O)C(O)C(O)C(=O)O. The number of aliphatic hydroxyl groups is 4. The van der Waals surface area contributed by atoms with Crippen LogP contribution in [-0.2, 0) is 14.4 Å². The summed E-state index contributed by atoms with van der Waals surface area (Å²) in [7, 11) is 0. The zero-order valence-electron chi connectivity index (χ0n) is 11.6. The highest BCUT2D eigenvalue weighted by atomic mass is 16.4. The lowest BCUT2D eigenvalue weighted by Gasteiger charge is -2.21. The van der Waals surface area contributed by atoms with Gasteiger partial charge >= 0.3 is 11.9 Å². The van der Waals surface area contributed by atoms with E-state index in [0.29, 0.717) is 19.4 Å². The van der Waals surface area contributed by atoms with Gasteiger partial charge in [-0.25, -0.2) is 4.79 Å². The Bertz CT molecular complexity index is 352. The Morgan fingerprint density at radius 1 is 1.00 bits per heavy atom. The number of carboxylic acids is 2. The van der Waals surface area contributed by atoms with E-state index in [-0.39, 0.29) is 6.29 Å². The first-order valence-corrected chi connectivity index (χ1v) is 6.18. The second kappa shape index (κ2) is 12.0. The van der Waals surface area contributed by atoms with Crippen molar-refractivity contribution in [2.45, 2.75) is 43.3 Å². The number of carbonyl (C=O) groups excluding carboxylic acids is 1. The second-order valence-corrected chi connectivity index (χ2v) is 4.27. The molecule has 0 saturated carbocycles. The van der Waals surface area contributed by atoms with Crippen molar-refractivity contribution in [2.75, 3.05) is 6.54 Å². The normalized spacial score (nSPS) is 17.2. The van der Waals surface area contributed by atoms with Crippen molar-refractivity contribution in [3.8, 4) is 0 Å². The first-order chi connectivity index (χ1) is 10.1. The average Bonchev–Trinajstić information content (AvgIpc) is 2.49. The number of nitrogens with two attached hydrogens (primary N) is 2. The Morgan fingerprint density at radius 2 is 1.50 bits per heavy atom. The number of carboxylic acid groups (broad SMARTS) is 2. The monoisotopic (exact) mass is 326 g/mol. The minimum atomic E-state index is -2.25. The van der Waals surface area contributed by atoms with Crippen molar-refractivity contribution in [3.05, 3.63) is 0 Å². The van der Waals surface area contributed by atoms with Crippen LogP contribution < -0.4 is 11.5 Å². The summed E-state index contributed by atoms with van der Waals surface area (Å²) >= 11 is 0. The summed E-state index contributed by atoms with van der Waals surface area (Å²) in [4.78, 5) is 30.0. The van der Waals surface area contributed by atoms with E-state index in [4.69, 9.17) is 42.1 Å². The molecule has 0 spiro atoms. The smallest absolute Gasteiger partial charge is 0.335 e. The van der Waals surface area contributed by atoms with Crippen LogP contribution in [0.2, 0.25) is 0 Å². The standard InChI is InChI=1S/C6H10O7.C5H12N2O2/c7-1-2(8)3(9)4(10)5(11)6(12)13;6-3-1-2-4(7)5(8)9/h1-5,8-11H,(H,12,13);4H,1-3,6-7H2,(H,8,9). The predicted octanol–water partition coefficient (Wildman–Crippen LogP) is -4.15. The summed E-state index contributed by atoms with van der Waals surface area (Å²) in [6.07, 6.45) is -7.25. The lowest BCUT2D eigenvalue weighted by atomic mass is 10.0. The van der Waals surface area contributed by atoms with Gasteiger partial charge in [-0.2, -0.15) is 0 Å². The van der Waals surface area contributed by atoms with Crippen LogP contribution >= 0.6 is 0 Å². The van der Waals surface area contributed by atoms with Crippen molar-refractivity contribution < 1.29 is 45.0 Å². The molecule has 0 aliphatic rings. The Hall–Kier alpha value is -1.63. The Kier molecular flexibility index (Phi) is 12.3. The molecule has 0 aliphatic heterocycles. The molecular weight excluding hydrogens is 304 g/mol. The molecule has 5 atom stereocenters. The first kappa shape index (κ1) is 22.6. The van der Waals surface area contributed by atoms with Gasteiger partial charge in [-0.05, 0) is 19.4 Å². The highest BCUT2D eigenvalue weighted by molar-refractivity contribution is 5.73. The minimum absolute atomic E-state index is 0.0809. The van der Waals surface area contributed by atoms with E-state index in [1.54, 1.807) is 0 Å². The van der Waals surface area contributed by atoms with Crippen LogP contribution in [0.1, 0.15) is 12.8 Å². The van der Waals surface area contributed by atoms with Crippen molar-refractivity contribution in [1.29, 1.82) is 0 Å². The zero-order valence-corrected chi connectivity index (χ0v) is 11.6. The van der Waals surface area contributed by atoms with E-state index in [9.17, 15) is 14.4 Å². The molecule has 0 fully saturated rings. The number of carbonyl (C=O) groups is 3. The molecule has 11 nitrogen and oxygen atoms in total. The largest absolute Gasteiger partial charge is 0.480 e. The number of rotatable bonds is 9. The lowest BCUT2D eigenvalue weighted by Crippen LogP contribution is -2.48. The summed E-state index contributed by atoms with van der Waals surface area (Å²) < 4.78 is 0. The number of aldehydes is 1. The van der Waals surface area contributed by atoms with E-state index in [0.717, 1.165) is 0 Å². The molecule has 0 bridgehead atoms. The molecular formula is C11H22N2O9. The molecule has 0 amide bonds. The van der Waals surface area contributed by atoms with Gasteiger partial charge in [0.1, 0.15) is 24.4 Å². The van der Waals surface area contributed by atoms with Crippen molar-refractivity contribution in [3.63, 3.8) is 0 Å². The number of aliphatic carboxylic acids is 2. The summed E-state index contributed by atoms with van der Waals surface area (Å²) in [5, 5.41) is 51.4. The number of hydrogen-bond donors (Lipinski definition) is 8. The third kappa shape index (κ3) is 9.33. The molecule has 10 N–H and O–H groups in total. The van der Waals surface area contributed by atoms with Crippen LogP contribution in [0.25, 0.3) is 0 Å². The molecule has 0 aromatic heterocycles. The van der Waals surface area contributed by atoms with Gasteiger partial charge in [0.2, 0.25) is 0 Å². The quantitative estimate of drug-likeness (QED) is 0.190. The molecule has 5 unspecified atom stereocenters. The van der Waals surface area contributed by atoms with Crippen molar-refractivity contribution in [1.82, 2.24) is 0 Å². The Balaban J connectivity index is 0. The van der Waals surface area contributed by atoms with Crippen LogP contribution in [-0.4, -0.2) is 85.9 Å². The third-order valence-corrected chi connectivity index (χ3v) is 2.45. The topological polar surface area (TPSA) is 225 Å². The molecule has 0 aromatic rings. The average molecular weight is 326 g/mol. The van der Waals surface area contributed by atoms with Gasteiger partial charge < -0.3 is 46.9 Å². The molecule has 0 aromatic carbocycles. The Morgan fingerprint density at radius 3 is 1.82 bits per heavy atom. The molecule has 11 heteroatoms. The van der Waals surface area contributed by atoms with Crippen molar-refractivity contribution in [2.24, 2.45) is 11.5 Å². The van der Waals surface area contributed by atoms with Gasteiger partial charge in [-0.15, -0.1) is 0 Å². The summed E-state index contributed by atoms with van der Waals surface area (Å²) in [6, 6.07) is -0.742. The van der Waals surface area contributed by atoms with Crippen LogP contribution in [0.3, 0.4) is 0 Å². The van der Waals surface area contributed by atoms with Crippen LogP contribution in [0.15, 0.2) is 0 Å². The predicted molar refractivity (Wildman–Crippen MR) is 71.6 cm³/mol. The molecule has 0 saturated heterocycles. The number of aliphatic hydroxyl groups excluding tert-OH is 4. The van der Waals surface area contributed by atoms with E-state index in [2.05, 4.69) is 0 Å². The summed E-state index contributed by atoms with van der Waals surface area (Å²) in [5.41, 5.74) is 10.3. The maximum absolute atomic E-state index is 10.1. The fourth-order valence-electron chi connectivity index (χ4n) is 1.08. The van der Waals surface area contributed by atoms with Gasteiger partial charge in [0.05, 0.1) is 0 Å². The first-order valence-electron chi connectivity index (χ1n) is 6.18. The second-order valence-electron chi connectivity index (χ2n) is 4.27. The van der Waals surface area contributed by atoms with Gasteiger partial charge in [0.15, 0.2) is 12.4 Å². The summed E-state index contributed by atoms with van der Waals surface area (Å²) in [5.74, 6) is -2.71. The molecule has 22 heavy (non-hydrogen) atoms. The van der Waals surface area contributed by atoms with Crippen LogP contribution in [0, 0.1) is 0 Å². The fraction of sp³-hybridized carbons (Fsp3) is 0.727. The molecule has 0 heterocycles. The lowest BCUT2D eigenvalue weighted by molar-refractivity contribution is -0.163. The minimum Gasteiger partial charge on any atom is -0.480 e. The maximum Gasteiger partial charge on any atom is 0.335 e. The van der Waals surface area contributed by atoms with Crippen molar-refractivity contribution >= 4 is 18.2 Å². The zero-order chi connectivity index (χ0) is 17.9. The van der Waals surface area contributed by atoms with Crippen LogP contribution in [0.5, 0.6) is 0 Å². The van der Waals surface area contributed by atoms with Gasteiger partial charge in [0, 0.05) is 0 Å². The van der Waals surface area contributed by atoms with E-state index in [1.165, 1.54) is 0 Å². The van der Waals surface area contributed by atoms with Crippen LogP contribution in [0.4, 0.5) is 0 Å². The highest BCUT2D eigenvalue weighted by Gasteiger charge is 2.33. The molecule has 0 radical (unpaired) electrons. The summed E-state index contributed by atoms with van der Waals surface area (Å²) in [6.45, 7) is 0.501. The van der Waals surface area contributed by atoms with Gasteiger partial charge in [-0.3, -0.25) is 4.79 Å². The Labute approximate surface area is 125 Å². The number of hydrogen-bond acceptors (Lipinski definition) is 9.